The van der Waals surface area contributed by atoms with Crippen LogP contribution in [0.1, 0.15) is 40.0 Å². The van der Waals surface area contributed by atoms with Gasteiger partial charge in [-0.2, -0.15) is 0 Å². The highest BCUT2D eigenvalue weighted by atomic mass is 15.3. The highest BCUT2D eigenvalue weighted by Crippen LogP contribution is 2.26. The van der Waals surface area contributed by atoms with Crippen LogP contribution in [0, 0.1) is 0 Å². The summed E-state index contributed by atoms with van der Waals surface area (Å²) in [7, 11) is 0. The second-order valence-corrected chi connectivity index (χ2v) is 5.23. The fourth-order valence-corrected chi connectivity index (χ4v) is 2.37. The first-order valence-electron chi connectivity index (χ1n) is 5.84. The SMILES string of the molecule is C=C(C)CC(NN)C(C)(C)N1CCCC1. The molecule has 0 spiro atoms. The van der Waals surface area contributed by atoms with E-state index in [0.717, 1.165) is 6.42 Å². The molecule has 0 bridgehead atoms. The number of hydrogen-bond donors (Lipinski definition) is 2. The van der Waals surface area contributed by atoms with Gasteiger partial charge in [-0.05, 0) is 53.1 Å². The Morgan fingerprint density at radius 1 is 1.47 bits per heavy atom. The second kappa shape index (κ2) is 5.10. The van der Waals surface area contributed by atoms with Gasteiger partial charge in [0.1, 0.15) is 0 Å². The van der Waals surface area contributed by atoms with Crippen LogP contribution >= 0.6 is 0 Å². The Morgan fingerprint density at radius 2 is 2.00 bits per heavy atom. The van der Waals surface area contributed by atoms with Crippen LogP contribution in [0.5, 0.6) is 0 Å². The molecule has 1 unspecified atom stereocenters. The first-order valence-corrected chi connectivity index (χ1v) is 5.84. The molecule has 0 amide bonds. The minimum Gasteiger partial charge on any atom is -0.297 e. The normalized spacial score (nSPS) is 20.5. The van der Waals surface area contributed by atoms with E-state index >= 15 is 0 Å². The van der Waals surface area contributed by atoms with Crippen LogP contribution < -0.4 is 11.3 Å². The van der Waals surface area contributed by atoms with Crippen molar-refractivity contribution in [2.45, 2.75) is 51.6 Å². The molecular weight excluding hydrogens is 186 g/mol. The van der Waals surface area contributed by atoms with E-state index in [9.17, 15) is 0 Å². The van der Waals surface area contributed by atoms with E-state index < -0.39 is 0 Å². The van der Waals surface area contributed by atoms with Gasteiger partial charge in [-0.3, -0.25) is 16.2 Å². The first kappa shape index (κ1) is 12.7. The minimum atomic E-state index is 0.115. The Kier molecular flexibility index (Phi) is 4.32. The van der Waals surface area contributed by atoms with E-state index in [4.69, 9.17) is 5.84 Å². The zero-order valence-corrected chi connectivity index (χ0v) is 10.3. The van der Waals surface area contributed by atoms with Crippen molar-refractivity contribution in [2.24, 2.45) is 5.84 Å². The van der Waals surface area contributed by atoms with Crippen LogP contribution in [0.25, 0.3) is 0 Å². The Balaban J connectivity index is 2.66. The number of likely N-dealkylation sites (tertiary alicyclic amines) is 1. The quantitative estimate of drug-likeness (QED) is 0.413. The summed E-state index contributed by atoms with van der Waals surface area (Å²) < 4.78 is 0. The van der Waals surface area contributed by atoms with Gasteiger partial charge in [0.2, 0.25) is 0 Å². The van der Waals surface area contributed by atoms with Crippen molar-refractivity contribution < 1.29 is 0 Å². The van der Waals surface area contributed by atoms with E-state index in [2.05, 4.69) is 37.7 Å². The monoisotopic (exact) mass is 211 g/mol. The predicted molar refractivity (Wildman–Crippen MR) is 65.4 cm³/mol. The third-order valence-corrected chi connectivity index (χ3v) is 3.53. The first-order chi connectivity index (χ1) is 6.98. The number of nitrogens with zero attached hydrogens (tertiary/aromatic N) is 1. The smallest absolute Gasteiger partial charge is 0.0426 e. The van der Waals surface area contributed by atoms with E-state index in [-0.39, 0.29) is 11.6 Å². The molecule has 3 heteroatoms. The molecule has 0 aromatic rings. The number of hydrogen-bond acceptors (Lipinski definition) is 3. The average molecular weight is 211 g/mol. The van der Waals surface area contributed by atoms with Gasteiger partial charge >= 0.3 is 0 Å². The Labute approximate surface area is 93.7 Å². The van der Waals surface area contributed by atoms with Crippen LogP contribution in [0.2, 0.25) is 0 Å². The van der Waals surface area contributed by atoms with Crippen molar-refractivity contribution in [3.63, 3.8) is 0 Å². The molecule has 0 saturated carbocycles. The summed E-state index contributed by atoms with van der Waals surface area (Å²) in [5.41, 5.74) is 4.25. The number of rotatable bonds is 5. The fourth-order valence-electron chi connectivity index (χ4n) is 2.37. The zero-order chi connectivity index (χ0) is 11.5. The minimum absolute atomic E-state index is 0.115. The molecule has 1 heterocycles. The maximum Gasteiger partial charge on any atom is 0.0426 e. The third kappa shape index (κ3) is 3.03. The fraction of sp³-hybridized carbons (Fsp3) is 0.833. The van der Waals surface area contributed by atoms with E-state index in [0.29, 0.717) is 0 Å². The summed E-state index contributed by atoms with van der Waals surface area (Å²) in [4.78, 5) is 2.53. The molecule has 3 nitrogen and oxygen atoms in total. The molecule has 1 saturated heterocycles. The molecule has 1 fully saturated rings. The lowest BCUT2D eigenvalue weighted by atomic mass is 9.88. The van der Waals surface area contributed by atoms with Crippen molar-refractivity contribution in [1.29, 1.82) is 0 Å². The highest BCUT2D eigenvalue weighted by Gasteiger charge is 2.35. The summed E-state index contributed by atoms with van der Waals surface area (Å²) >= 11 is 0. The van der Waals surface area contributed by atoms with Crippen LogP contribution in [-0.4, -0.2) is 29.6 Å². The largest absolute Gasteiger partial charge is 0.297 e. The van der Waals surface area contributed by atoms with E-state index in [1.54, 1.807) is 0 Å². The second-order valence-electron chi connectivity index (χ2n) is 5.23. The third-order valence-electron chi connectivity index (χ3n) is 3.53. The Hall–Kier alpha value is -0.380. The van der Waals surface area contributed by atoms with Gasteiger partial charge in [0.05, 0.1) is 0 Å². The van der Waals surface area contributed by atoms with Crippen molar-refractivity contribution in [3.05, 3.63) is 12.2 Å². The lowest BCUT2D eigenvalue weighted by Crippen LogP contribution is -2.58. The van der Waals surface area contributed by atoms with Gasteiger partial charge in [-0.1, -0.05) is 5.57 Å². The van der Waals surface area contributed by atoms with Gasteiger partial charge in [-0.25, -0.2) is 0 Å². The molecule has 0 aromatic heterocycles. The topological polar surface area (TPSA) is 41.3 Å². The van der Waals surface area contributed by atoms with Crippen molar-refractivity contribution >= 4 is 0 Å². The lowest BCUT2D eigenvalue weighted by Gasteiger charge is -2.42. The van der Waals surface area contributed by atoms with Gasteiger partial charge in [0.25, 0.3) is 0 Å². The predicted octanol–water partition coefficient (Wildman–Crippen LogP) is 1.66. The van der Waals surface area contributed by atoms with Crippen LogP contribution in [0.15, 0.2) is 12.2 Å². The van der Waals surface area contributed by atoms with Gasteiger partial charge in [0, 0.05) is 11.6 Å². The molecule has 3 N–H and O–H groups in total. The van der Waals surface area contributed by atoms with Crippen molar-refractivity contribution in [3.8, 4) is 0 Å². The molecule has 1 rings (SSSR count). The Morgan fingerprint density at radius 3 is 2.40 bits per heavy atom. The van der Waals surface area contributed by atoms with E-state index in [1.807, 2.05) is 0 Å². The van der Waals surface area contributed by atoms with Gasteiger partial charge in [-0.15, -0.1) is 6.58 Å². The molecule has 0 aromatic carbocycles. The van der Waals surface area contributed by atoms with Crippen LogP contribution in [0.3, 0.4) is 0 Å². The van der Waals surface area contributed by atoms with Crippen molar-refractivity contribution in [2.75, 3.05) is 13.1 Å². The maximum absolute atomic E-state index is 5.66. The van der Waals surface area contributed by atoms with E-state index in [1.165, 1.54) is 31.5 Å². The molecule has 1 atom stereocenters. The van der Waals surface area contributed by atoms with Gasteiger partial charge in [0.15, 0.2) is 0 Å². The van der Waals surface area contributed by atoms with Crippen molar-refractivity contribution in [1.82, 2.24) is 10.3 Å². The van der Waals surface area contributed by atoms with Crippen LogP contribution in [-0.2, 0) is 0 Å². The maximum atomic E-state index is 5.66. The average Bonchev–Trinajstić information content (AvgIpc) is 2.66. The molecule has 1 aliphatic rings. The highest BCUT2D eigenvalue weighted by molar-refractivity contribution is 5.02. The lowest BCUT2D eigenvalue weighted by molar-refractivity contribution is 0.106. The summed E-state index contributed by atoms with van der Waals surface area (Å²) in [6.45, 7) is 13.0. The summed E-state index contributed by atoms with van der Waals surface area (Å²) in [5, 5.41) is 0. The zero-order valence-electron chi connectivity index (χ0n) is 10.3. The molecule has 0 aliphatic carbocycles. The summed E-state index contributed by atoms with van der Waals surface area (Å²) in [6, 6.07) is 0.285. The molecular formula is C12H25N3. The summed E-state index contributed by atoms with van der Waals surface area (Å²) in [6.07, 6.45) is 3.57. The summed E-state index contributed by atoms with van der Waals surface area (Å²) in [5.74, 6) is 5.66. The number of nitrogens with one attached hydrogen (secondary N) is 1. The molecule has 88 valence electrons. The van der Waals surface area contributed by atoms with Crippen LogP contribution in [0.4, 0.5) is 0 Å². The van der Waals surface area contributed by atoms with Gasteiger partial charge < -0.3 is 0 Å². The molecule has 1 aliphatic heterocycles. The molecule has 15 heavy (non-hydrogen) atoms. The Bertz CT molecular complexity index is 217. The molecule has 0 radical (unpaired) electrons. The number of nitrogens with two attached hydrogens (primary N) is 1. The standard InChI is InChI=1S/C12H25N3/c1-10(2)9-11(14-13)12(3,4)15-7-5-6-8-15/h11,14H,1,5-9,13H2,2-4H3. The number of hydrazine groups is 1.